The van der Waals surface area contributed by atoms with Crippen LogP contribution < -0.4 is 10.9 Å². The molecule has 0 fully saturated rings. The van der Waals surface area contributed by atoms with Gasteiger partial charge in [0.05, 0.1) is 0 Å². The zero-order valence-corrected chi connectivity index (χ0v) is 9.27. The van der Waals surface area contributed by atoms with Gasteiger partial charge >= 0.3 is 6.18 Å². The molecule has 0 bridgehead atoms. The van der Waals surface area contributed by atoms with E-state index in [0.29, 0.717) is 6.08 Å². The molecule has 1 aliphatic rings. The highest BCUT2D eigenvalue weighted by Crippen LogP contribution is 2.32. The van der Waals surface area contributed by atoms with Crippen LogP contribution in [0.1, 0.15) is 4.88 Å². The summed E-state index contributed by atoms with van der Waals surface area (Å²) in [5, 5.41) is 11.1. The fourth-order valence-electron chi connectivity index (χ4n) is 1.27. The lowest BCUT2D eigenvalue weighted by atomic mass is 10.2. The van der Waals surface area contributed by atoms with Gasteiger partial charge in [0, 0.05) is 10.6 Å². The molecule has 3 nitrogen and oxygen atoms in total. The van der Waals surface area contributed by atoms with E-state index in [0.717, 1.165) is 4.88 Å². The second kappa shape index (κ2) is 4.17. The van der Waals surface area contributed by atoms with E-state index in [1.165, 1.54) is 17.4 Å². The number of hydrogen-bond acceptors (Lipinski definition) is 4. The van der Waals surface area contributed by atoms with Crippen LogP contribution in [0, 0.1) is 0 Å². The largest absolute Gasteiger partial charge is 0.436 e. The zero-order valence-electron chi connectivity index (χ0n) is 8.45. The third-order valence-electron chi connectivity index (χ3n) is 2.16. The van der Waals surface area contributed by atoms with Crippen molar-refractivity contribution in [3.8, 4) is 0 Å². The van der Waals surface area contributed by atoms with E-state index >= 15 is 0 Å². The molecular formula is C10H9F3N2OS. The third kappa shape index (κ3) is 2.51. The summed E-state index contributed by atoms with van der Waals surface area (Å²) in [6.45, 7) is 0. The van der Waals surface area contributed by atoms with Crippen LogP contribution in [-0.4, -0.2) is 17.0 Å². The maximum absolute atomic E-state index is 12.4. The summed E-state index contributed by atoms with van der Waals surface area (Å²) >= 11 is 1.46. The van der Waals surface area contributed by atoms with Crippen LogP contribution in [0.4, 0.5) is 13.2 Å². The molecule has 1 aromatic rings. The maximum Gasteiger partial charge on any atom is 0.436 e. The first-order chi connectivity index (χ1) is 7.91. The molecule has 0 amide bonds. The Hall–Kier alpha value is -1.31. The number of halogens is 3. The second-order valence-electron chi connectivity index (χ2n) is 3.46. The molecule has 92 valence electrons. The van der Waals surface area contributed by atoms with Crippen molar-refractivity contribution in [2.45, 2.75) is 11.9 Å². The van der Waals surface area contributed by atoms with Gasteiger partial charge < -0.3 is 10.5 Å². The van der Waals surface area contributed by atoms with Gasteiger partial charge in [-0.3, -0.25) is 0 Å². The van der Waals surface area contributed by atoms with Gasteiger partial charge in [-0.05, 0) is 29.7 Å². The van der Waals surface area contributed by atoms with Crippen LogP contribution in [0.3, 0.4) is 0 Å². The average Bonchev–Trinajstić information content (AvgIpc) is 2.83. The molecule has 1 aromatic heterocycles. The fourth-order valence-corrected chi connectivity index (χ4v) is 1.88. The summed E-state index contributed by atoms with van der Waals surface area (Å²) < 4.78 is 37.2. The molecule has 0 aromatic carbocycles. The molecule has 0 unspecified atom stereocenters. The number of hydrogen-bond donors (Lipinski definition) is 3. The van der Waals surface area contributed by atoms with Crippen LogP contribution in [0.15, 0.2) is 35.4 Å². The van der Waals surface area contributed by atoms with Crippen molar-refractivity contribution in [1.29, 1.82) is 0 Å². The van der Waals surface area contributed by atoms with Crippen LogP contribution in [-0.2, 0) is 0 Å². The third-order valence-corrected chi connectivity index (χ3v) is 3.00. The fraction of sp³-hybridized carbons (Fsp3) is 0.200. The van der Waals surface area contributed by atoms with Gasteiger partial charge in [0.2, 0.25) is 0 Å². The molecule has 0 spiro atoms. The van der Waals surface area contributed by atoms with Crippen molar-refractivity contribution < 1.29 is 18.3 Å². The summed E-state index contributed by atoms with van der Waals surface area (Å²) in [5.41, 5.74) is 1.22. The van der Waals surface area contributed by atoms with Crippen molar-refractivity contribution in [3.63, 3.8) is 0 Å². The zero-order chi connectivity index (χ0) is 12.5. The van der Waals surface area contributed by atoms with E-state index < -0.39 is 11.9 Å². The number of hydrazine groups is 1. The predicted molar refractivity (Wildman–Crippen MR) is 58.7 cm³/mol. The van der Waals surface area contributed by atoms with Crippen LogP contribution >= 0.6 is 11.3 Å². The van der Waals surface area contributed by atoms with Gasteiger partial charge in [0.1, 0.15) is 0 Å². The van der Waals surface area contributed by atoms with E-state index in [9.17, 15) is 18.3 Å². The monoisotopic (exact) mass is 262 g/mol. The molecule has 17 heavy (non-hydrogen) atoms. The Morgan fingerprint density at radius 3 is 2.65 bits per heavy atom. The summed E-state index contributed by atoms with van der Waals surface area (Å²) in [4.78, 5) is 0.912. The molecule has 1 atom stereocenters. The molecular weight excluding hydrogens is 253 g/mol. The van der Waals surface area contributed by atoms with E-state index in [-0.39, 0.29) is 5.70 Å². The van der Waals surface area contributed by atoms with Crippen molar-refractivity contribution in [2.75, 3.05) is 0 Å². The van der Waals surface area contributed by atoms with Crippen molar-refractivity contribution >= 4 is 17.4 Å². The summed E-state index contributed by atoms with van der Waals surface area (Å²) in [7, 11) is 0. The quantitative estimate of drug-likeness (QED) is 0.764. The molecule has 0 radical (unpaired) electrons. The highest BCUT2D eigenvalue weighted by Gasteiger charge is 2.54. The molecule has 2 rings (SSSR count). The number of alkyl halides is 3. The number of thiophene rings is 1. The SMILES string of the molecule is O[C@]1(C(F)(F)F)C=C(C=Cc2cccs2)NN1. The highest BCUT2D eigenvalue weighted by molar-refractivity contribution is 7.10. The standard InChI is InChI=1S/C10H9F3N2OS/c11-10(12,13)9(16)6-7(14-15-9)3-4-8-2-1-5-17-8/h1-6,14-16H/t9-/m0/s1. The minimum absolute atomic E-state index is 0.165. The molecule has 7 heteroatoms. The van der Waals surface area contributed by atoms with Crippen LogP contribution in [0.25, 0.3) is 6.08 Å². The predicted octanol–water partition coefficient (Wildman–Crippen LogP) is 2.00. The number of allylic oxidation sites excluding steroid dienone is 1. The van der Waals surface area contributed by atoms with E-state index in [4.69, 9.17) is 0 Å². The molecule has 0 aliphatic carbocycles. The lowest BCUT2D eigenvalue weighted by Gasteiger charge is -2.23. The smallest absolute Gasteiger partial charge is 0.363 e. The lowest BCUT2D eigenvalue weighted by Crippen LogP contribution is -2.55. The van der Waals surface area contributed by atoms with Crippen LogP contribution in [0.5, 0.6) is 0 Å². The first kappa shape index (κ1) is 12.2. The van der Waals surface area contributed by atoms with Crippen LogP contribution in [0.2, 0.25) is 0 Å². The average molecular weight is 262 g/mol. The summed E-state index contributed by atoms with van der Waals surface area (Å²) in [6.07, 6.45) is -0.953. The van der Waals surface area contributed by atoms with E-state index in [2.05, 4.69) is 5.43 Å². The van der Waals surface area contributed by atoms with Gasteiger partial charge in [-0.15, -0.1) is 11.3 Å². The summed E-state index contributed by atoms with van der Waals surface area (Å²) in [5.74, 6) is 0. The number of nitrogens with one attached hydrogen (secondary N) is 2. The summed E-state index contributed by atoms with van der Waals surface area (Å²) in [6, 6.07) is 3.67. The normalized spacial score (nSPS) is 25.1. The van der Waals surface area contributed by atoms with Crippen molar-refractivity contribution in [2.24, 2.45) is 0 Å². The lowest BCUT2D eigenvalue weighted by molar-refractivity contribution is -0.250. The van der Waals surface area contributed by atoms with Gasteiger partial charge in [0.25, 0.3) is 5.72 Å². The Balaban J connectivity index is 2.13. The Bertz CT molecular complexity index is 453. The Morgan fingerprint density at radius 1 is 1.35 bits per heavy atom. The minimum Gasteiger partial charge on any atom is -0.363 e. The van der Waals surface area contributed by atoms with Gasteiger partial charge in [-0.1, -0.05) is 6.07 Å². The Labute approximate surface area is 99.2 Å². The minimum atomic E-state index is -4.77. The van der Waals surface area contributed by atoms with Crippen molar-refractivity contribution in [1.82, 2.24) is 10.9 Å². The maximum atomic E-state index is 12.4. The first-order valence-electron chi connectivity index (χ1n) is 4.67. The highest BCUT2D eigenvalue weighted by atomic mass is 32.1. The van der Waals surface area contributed by atoms with Gasteiger partial charge in [-0.25, -0.2) is 0 Å². The molecule has 2 heterocycles. The second-order valence-corrected chi connectivity index (χ2v) is 4.44. The van der Waals surface area contributed by atoms with Gasteiger partial charge in [0.15, 0.2) is 0 Å². The molecule has 0 saturated heterocycles. The molecule has 1 aliphatic heterocycles. The number of rotatable bonds is 2. The van der Waals surface area contributed by atoms with Gasteiger partial charge in [-0.2, -0.15) is 18.6 Å². The number of aliphatic hydroxyl groups is 1. The van der Waals surface area contributed by atoms with E-state index in [1.54, 1.807) is 11.5 Å². The van der Waals surface area contributed by atoms with Crippen molar-refractivity contribution in [3.05, 3.63) is 40.2 Å². The van der Waals surface area contributed by atoms with E-state index in [1.807, 2.05) is 17.5 Å². The first-order valence-corrected chi connectivity index (χ1v) is 5.55. The Morgan fingerprint density at radius 2 is 2.12 bits per heavy atom. The molecule has 3 N–H and O–H groups in total. The molecule has 0 saturated carbocycles. The Kier molecular flexibility index (Phi) is 2.98. The topological polar surface area (TPSA) is 44.3 Å².